The summed E-state index contributed by atoms with van der Waals surface area (Å²) in [6.07, 6.45) is 5.63. The fourth-order valence-corrected chi connectivity index (χ4v) is 5.92. The van der Waals surface area contributed by atoms with Crippen LogP contribution in [0.25, 0.3) is 22.3 Å². The number of hydrogen-bond acceptors (Lipinski definition) is 1. The van der Waals surface area contributed by atoms with Crippen LogP contribution in [0.4, 0.5) is 39.5 Å². The Balaban J connectivity index is 1.33. The van der Waals surface area contributed by atoms with E-state index < -0.39 is 63.7 Å². The summed E-state index contributed by atoms with van der Waals surface area (Å²) in [5, 5.41) is 0. The summed E-state index contributed by atoms with van der Waals surface area (Å²) in [4.78, 5) is 0. The van der Waals surface area contributed by atoms with E-state index in [0.29, 0.717) is 18.1 Å². The molecule has 1 nitrogen and oxygen atoms in total. The van der Waals surface area contributed by atoms with Gasteiger partial charge in [0.05, 0.1) is 0 Å². The second kappa shape index (κ2) is 13.6. The predicted octanol–water partition coefficient (Wildman–Crippen LogP) is 11.8. The molecule has 4 aromatic carbocycles. The summed E-state index contributed by atoms with van der Waals surface area (Å²) < 4.78 is 134. The lowest BCUT2D eigenvalue weighted by Gasteiger charge is -2.28. The number of rotatable bonds is 9. The van der Waals surface area contributed by atoms with Gasteiger partial charge in [0.1, 0.15) is 34.6 Å². The van der Waals surface area contributed by atoms with Crippen LogP contribution in [0.2, 0.25) is 0 Å². The Morgan fingerprint density at radius 1 is 0.652 bits per heavy atom. The molecule has 0 saturated heterocycles. The first-order chi connectivity index (χ1) is 21.9. The van der Waals surface area contributed by atoms with E-state index in [0.717, 1.165) is 56.2 Å². The molecule has 242 valence electrons. The Morgan fingerprint density at radius 2 is 1.22 bits per heavy atom. The summed E-state index contributed by atoms with van der Waals surface area (Å²) in [6, 6.07) is 9.31. The monoisotopic (exact) mass is 648 g/mol. The highest BCUT2D eigenvalue weighted by molar-refractivity contribution is 5.72. The molecule has 1 aliphatic rings. The minimum absolute atomic E-state index is 0.0856. The van der Waals surface area contributed by atoms with E-state index in [1.165, 1.54) is 12.1 Å². The van der Waals surface area contributed by atoms with Gasteiger partial charge in [-0.2, -0.15) is 8.78 Å². The smallest absolute Gasteiger partial charge is 0.429 e. The maximum atomic E-state index is 15.2. The molecule has 0 N–H and O–H groups in total. The number of allylic oxidation sites excluding steroid dienone is 2. The van der Waals surface area contributed by atoms with Crippen molar-refractivity contribution in [3.8, 4) is 28.0 Å². The molecule has 10 heteroatoms. The van der Waals surface area contributed by atoms with Crippen molar-refractivity contribution in [3.05, 3.63) is 125 Å². The van der Waals surface area contributed by atoms with Crippen LogP contribution < -0.4 is 4.74 Å². The molecule has 0 heterocycles. The van der Waals surface area contributed by atoms with Crippen LogP contribution in [0.1, 0.15) is 62.5 Å². The Morgan fingerprint density at radius 3 is 1.80 bits per heavy atom. The summed E-state index contributed by atoms with van der Waals surface area (Å²) >= 11 is 0. The quantitative estimate of drug-likeness (QED) is 0.0997. The average Bonchev–Trinajstić information content (AvgIpc) is 2.99. The molecule has 4 aromatic rings. The summed E-state index contributed by atoms with van der Waals surface area (Å²) in [5.74, 6) is -11.3. The largest absolute Gasteiger partial charge is 0.432 e. The van der Waals surface area contributed by atoms with Crippen molar-refractivity contribution in [1.29, 1.82) is 0 Å². The highest BCUT2D eigenvalue weighted by Gasteiger charge is 2.41. The number of halogens is 9. The van der Waals surface area contributed by atoms with Gasteiger partial charge in [0, 0.05) is 23.3 Å². The molecule has 1 aliphatic carbocycles. The van der Waals surface area contributed by atoms with Crippen molar-refractivity contribution in [2.45, 2.75) is 57.5 Å². The van der Waals surface area contributed by atoms with Crippen LogP contribution >= 0.6 is 0 Å². The van der Waals surface area contributed by atoms with Gasteiger partial charge in [-0.15, -0.1) is 0 Å². The molecule has 0 aromatic heterocycles. The number of alkyl halides is 2. The van der Waals surface area contributed by atoms with Crippen LogP contribution in [0.3, 0.4) is 0 Å². The zero-order valence-electron chi connectivity index (χ0n) is 24.6. The van der Waals surface area contributed by atoms with Crippen molar-refractivity contribution in [2.75, 3.05) is 0 Å². The topological polar surface area (TPSA) is 9.23 Å². The lowest BCUT2D eigenvalue weighted by molar-refractivity contribution is -0.189. The molecular formula is C36H29F9O. The van der Waals surface area contributed by atoms with Crippen LogP contribution in [0.15, 0.2) is 72.8 Å². The lowest BCUT2D eigenvalue weighted by Crippen LogP contribution is -2.25. The second-order valence-corrected chi connectivity index (χ2v) is 11.4. The maximum absolute atomic E-state index is 15.2. The van der Waals surface area contributed by atoms with E-state index in [1.54, 1.807) is 6.07 Å². The van der Waals surface area contributed by atoms with E-state index >= 15 is 8.78 Å². The van der Waals surface area contributed by atoms with Gasteiger partial charge in [-0.3, -0.25) is 0 Å². The third-order valence-electron chi connectivity index (χ3n) is 8.31. The SMILES string of the molecule is CCC=CCC1CCC(c2ccc(-c3ccc(-c4cc(F)c(C(F)(F)Oc5cc(F)c(F)c(F)c5)c(F)c4)c(F)c3)c(F)c2)CC1. The second-order valence-electron chi connectivity index (χ2n) is 11.4. The third-order valence-corrected chi connectivity index (χ3v) is 8.31. The summed E-state index contributed by atoms with van der Waals surface area (Å²) in [5.41, 5.74) is -1.58. The predicted molar refractivity (Wildman–Crippen MR) is 157 cm³/mol. The van der Waals surface area contributed by atoms with E-state index in [2.05, 4.69) is 23.8 Å². The minimum atomic E-state index is -4.79. The Hall–Kier alpha value is -4.21. The van der Waals surface area contributed by atoms with Crippen molar-refractivity contribution in [1.82, 2.24) is 0 Å². The zero-order valence-corrected chi connectivity index (χ0v) is 24.6. The molecule has 5 rings (SSSR count). The van der Waals surface area contributed by atoms with Gasteiger partial charge >= 0.3 is 6.11 Å². The minimum Gasteiger partial charge on any atom is -0.429 e. The van der Waals surface area contributed by atoms with E-state index in [-0.39, 0.29) is 34.7 Å². The number of ether oxygens (including phenoxy) is 1. The standard InChI is InChI=1S/C36H29F9O/c1-2-3-4-5-20-6-8-21(9-7-20)22-10-12-26(28(37)14-22)23-11-13-27(29(38)15-23)24-16-30(39)34(31(40)17-24)36(44,45)46-25-18-32(41)35(43)33(42)19-25/h3-4,10-21H,2,5-9H2,1H3. The Labute approximate surface area is 260 Å². The average molecular weight is 649 g/mol. The summed E-state index contributed by atoms with van der Waals surface area (Å²) in [6.45, 7) is 2.09. The van der Waals surface area contributed by atoms with Gasteiger partial charge in [0.2, 0.25) is 0 Å². The van der Waals surface area contributed by atoms with Crippen LogP contribution in [-0.4, -0.2) is 0 Å². The number of hydrogen-bond donors (Lipinski definition) is 0. The molecule has 0 spiro atoms. The van der Waals surface area contributed by atoms with Gasteiger partial charge < -0.3 is 4.74 Å². The van der Waals surface area contributed by atoms with E-state index in [4.69, 9.17) is 0 Å². The lowest BCUT2D eigenvalue weighted by atomic mass is 9.77. The van der Waals surface area contributed by atoms with Gasteiger partial charge in [0.25, 0.3) is 0 Å². The molecule has 0 atom stereocenters. The number of benzene rings is 4. The third kappa shape index (κ3) is 7.11. The molecule has 1 fully saturated rings. The Kier molecular flexibility index (Phi) is 9.84. The van der Waals surface area contributed by atoms with Gasteiger partial charge in [0.15, 0.2) is 17.5 Å². The van der Waals surface area contributed by atoms with Crippen LogP contribution in [0, 0.1) is 46.6 Å². The maximum Gasteiger partial charge on any atom is 0.432 e. The fraction of sp³-hybridized carbons (Fsp3) is 0.278. The van der Waals surface area contributed by atoms with Crippen LogP contribution in [0.5, 0.6) is 5.75 Å². The first kappa shape index (κ1) is 33.2. The molecule has 46 heavy (non-hydrogen) atoms. The van der Waals surface area contributed by atoms with Crippen molar-refractivity contribution in [2.24, 2.45) is 5.92 Å². The Bertz CT molecular complexity index is 1710. The van der Waals surface area contributed by atoms with Gasteiger partial charge in [-0.1, -0.05) is 43.3 Å². The van der Waals surface area contributed by atoms with E-state index in [9.17, 15) is 30.7 Å². The molecule has 0 amide bonds. The molecular weight excluding hydrogens is 619 g/mol. The highest BCUT2D eigenvalue weighted by atomic mass is 19.3. The first-order valence-electron chi connectivity index (χ1n) is 14.8. The zero-order chi connectivity index (χ0) is 33.2. The molecule has 1 saturated carbocycles. The van der Waals surface area contributed by atoms with E-state index in [1.807, 2.05) is 6.07 Å². The first-order valence-corrected chi connectivity index (χ1v) is 14.8. The van der Waals surface area contributed by atoms with Crippen LogP contribution in [-0.2, 0) is 6.11 Å². The normalized spacial score (nSPS) is 17.1. The summed E-state index contributed by atoms with van der Waals surface area (Å²) in [7, 11) is 0. The van der Waals surface area contributed by atoms with Crippen molar-refractivity contribution < 1.29 is 44.3 Å². The molecule has 0 unspecified atom stereocenters. The van der Waals surface area contributed by atoms with Gasteiger partial charge in [-0.05, 0) is 91.3 Å². The molecule has 0 bridgehead atoms. The van der Waals surface area contributed by atoms with Crippen molar-refractivity contribution in [3.63, 3.8) is 0 Å². The van der Waals surface area contributed by atoms with Gasteiger partial charge in [-0.25, -0.2) is 30.7 Å². The highest BCUT2D eigenvalue weighted by Crippen LogP contribution is 2.40. The molecule has 0 aliphatic heterocycles. The fourth-order valence-electron chi connectivity index (χ4n) is 5.92. The van der Waals surface area contributed by atoms with Crippen molar-refractivity contribution >= 4 is 0 Å². The molecule has 0 radical (unpaired) electrons.